The molecule has 0 aliphatic carbocycles. The Morgan fingerprint density at radius 2 is 1.47 bits per heavy atom. The van der Waals surface area contributed by atoms with E-state index < -0.39 is 11.8 Å². The average Bonchev–Trinajstić information content (AvgIpc) is 3.46. The molecular weight excluding hydrogens is 436 g/mol. The zero-order chi connectivity index (χ0) is 23.1. The molecule has 0 atom stereocenters. The van der Waals surface area contributed by atoms with Crippen LogP contribution in [0.5, 0.6) is 11.5 Å². The third kappa shape index (κ3) is 3.51. The van der Waals surface area contributed by atoms with Crippen LogP contribution in [0.3, 0.4) is 0 Å². The minimum Gasteiger partial charge on any atom is -0.486 e. The molecule has 5 aromatic rings. The number of carbonyl (C=O) groups is 2. The third-order valence-electron chi connectivity index (χ3n) is 5.49. The van der Waals surface area contributed by atoms with Gasteiger partial charge in [-0.25, -0.2) is 0 Å². The van der Waals surface area contributed by atoms with Crippen LogP contribution in [-0.2, 0) is 0 Å². The second-order valence-corrected chi connectivity index (χ2v) is 7.72. The molecule has 168 valence electrons. The summed E-state index contributed by atoms with van der Waals surface area (Å²) in [7, 11) is 0. The van der Waals surface area contributed by atoms with Crippen molar-refractivity contribution in [3.8, 4) is 11.5 Å². The molecular formula is C26H18N2O6. The number of anilines is 2. The first-order chi connectivity index (χ1) is 16.7. The van der Waals surface area contributed by atoms with E-state index in [4.69, 9.17) is 18.3 Å². The maximum atomic E-state index is 13.2. The van der Waals surface area contributed by atoms with Gasteiger partial charge in [0, 0.05) is 22.5 Å². The maximum Gasteiger partial charge on any atom is 0.293 e. The lowest BCUT2D eigenvalue weighted by molar-refractivity contribution is 0.0997. The molecule has 0 saturated heterocycles. The van der Waals surface area contributed by atoms with Crippen molar-refractivity contribution in [2.45, 2.75) is 0 Å². The fourth-order valence-electron chi connectivity index (χ4n) is 3.91. The van der Waals surface area contributed by atoms with Gasteiger partial charge in [0.1, 0.15) is 30.1 Å². The Labute approximate surface area is 193 Å². The lowest BCUT2D eigenvalue weighted by Gasteiger charge is -2.18. The van der Waals surface area contributed by atoms with E-state index in [0.717, 1.165) is 5.39 Å². The van der Waals surface area contributed by atoms with Crippen molar-refractivity contribution in [1.29, 1.82) is 0 Å². The van der Waals surface area contributed by atoms with Gasteiger partial charge in [-0.05, 0) is 36.4 Å². The Morgan fingerprint density at radius 1 is 0.706 bits per heavy atom. The molecule has 0 spiro atoms. The normalized spacial score (nSPS) is 12.6. The molecule has 0 saturated carbocycles. The van der Waals surface area contributed by atoms with Gasteiger partial charge in [0.05, 0.1) is 0 Å². The number of furan rings is 2. The van der Waals surface area contributed by atoms with Crippen molar-refractivity contribution in [2.24, 2.45) is 0 Å². The fraction of sp³-hybridized carbons (Fsp3) is 0.0769. The van der Waals surface area contributed by atoms with Gasteiger partial charge >= 0.3 is 0 Å². The first-order valence-electron chi connectivity index (χ1n) is 10.7. The predicted molar refractivity (Wildman–Crippen MR) is 126 cm³/mol. The minimum atomic E-state index is -0.521. The smallest absolute Gasteiger partial charge is 0.293 e. The van der Waals surface area contributed by atoms with Gasteiger partial charge in [0.15, 0.2) is 17.3 Å². The van der Waals surface area contributed by atoms with Crippen LogP contribution in [0.25, 0.3) is 21.9 Å². The van der Waals surface area contributed by atoms with Crippen LogP contribution in [0.4, 0.5) is 11.4 Å². The molecule has 0 radical (unpaired) electrons. The molecule has 8 nitrogen and oxygen atoms in total. The molecule has 0 bridgehead atoms. The van der Waals surface area contributed by atoms with Gasteiger partial charge in [-0.15, -0.1) is 0 Å². The van der Waals surface area contributed by atoms with E-state index in [2.05, 4.69) is 10.6 Å². The molecule has 1 aliphatic rings. The summed E-state index contributed by atoms with van der Waals surface area (Å²) in [5.41, 5.74) is 1.83. The Bertz CT molecular complexity index is 1530. The Kier molecular flexibility index (Phi) is 4.69. The van der Waals surface area contributed by atoms with Crippen molar-refractivity contribution in [3.05, 3.63) is 84.3 Å². The second kappa shape index (κ2) is 8.00. The predicted octanol–water partition coefficient (Wildman–Crippen LogP) is 5.45. The number of carbonyl (C=O) groups excluding carboxylic acids is 2. The molecule has 2 N–H and O–H groups in total. The molecule has 3 heterocycles. The van der Waals surface area contributed by atoms with E-state index in [9.17, 15) is 9.59 Å². The van der Waals surface area contributed by atoms with Crippen LogP contribution >= 0.6 is 0 Å². The zero-order valence-electron chi connectivity index (χ0n) is 17.8. The van der Waals surface area contributed by atoms with Crippen LogP contribution in [0, 0.1) is 0 Å². The quantitative estimate of drug-likeness (QED) is 0.374. The first kappa shape index (κ1) is 19.9. The minimum absolute atomic E-state index is 0.0273. The molecule has 1 aliphatic heterocycles. The van der Waals surface area contributed by atoms with Gasteiger partial charge in [-0.1, -0.05) is 30.3 Å². The highest BCUT2D eigenvalue weighted by molar-refractivity contribution is 6.16. The summed E-state index contributed by atoms with van der Waals surface area (Å²) < 4.78 is 22.6. The highest BCUT2D eigenvalue weighted by Gasteiger charge is 2.24. The van der Waals surface area contributed by atoms with E-state index in [1.807, 2.05) is 18.2 Å². The van der Waals surface area contributed by atoms with Crippen molar-refractivity contribution in [1.82, 2.24) is 0 Å². The second-order valence-electron chi connectivity index (χ2n) is 7.72. The number of hydrogen-bond donors (Lipinski definition) is 2. The molecule has 8 heteroatoms. The summed E-state index contributed by atoms with van der Waals surface area (Å²) in [5, 5.41) is 7.00. The van der Waals surface area contributed by atoms with Crippen molar-refractivity contribution in [2.75, 3.05) is 23.8 Å². The first-order valence-corrected chi connectivity index (χ1v) is 10.7. The summed E-state index contributed by atoms with van der Waals surface area (Å²) in [6.45, 7) is 0.915. The lowest BCUT2D eigenvalue weighted by Crippen LogP contribution is -2.18. The molecule has 0 unspecified atom stereocenters. The molecule has 6 rings (SSSR count). The molecule has 2 aromatic heterocycles. The molecule has 2 amide bonds. The van der Waals surface area contributed by atoms with Crippen molar-refractivity contribution < 1.29 is 27.9 Å². The largest absolute Gasteiger partial charge is 0.486 e. The zero-order valence-corrected chi connectivity index (χ0v) is 17.8. The number of benzene rings is 3. The van der Waals surface area contributed by atoms with Crippen LogP contribution in [0.2, 0.25) is 0 Å². The number of fused-ring (bicyclic) bond motifs is 3. The molecule has 3 aromatic carbocycles. The summed E-state index contributed by atoms with van der Waals surface area (Å²) in [6, 6.07) is 21.2. The van der Waals surface area contributed by atoms with E-state index in [1.165, 1.54) is 0 Å². The van der Waals surface area contributed by atoms with Crippen molar-refractivity contribution >= 4 is 45.1 Å². The van der Waals surface area contributed by atoms with E-state index >= 15 is 0 Å². The Morgan fingerprint density at radius 3 is 2.32 bits per heavy atom. The summed E-state index contributed by atoms with van der Waals surface area (Å²) in [4.78, 5) is 26.2. The number of rotatable bonds is 4. The maximum absolute atomic E-state index is 13.2. The topological polar surface area (TPSA) is 103 Å². The summed E-state index contributed by atoms with van der Waals surface area (Å²) in [6.07, 6.45) is 0. The molecule has 0 fully saturated rings. The SMILES string of the molecule is O=C(Nc1c(C(=O)Nc2ccc3c(c2)OCCO3)oc2ccccc12)c1cc2ccccc2o1. The van der Waals surface area contributed by atoms with Gasteiger partial charge in [-0.3, -0.25) is 9.59 Å². The number of amides is 2. The fourth-order valence-corrected chi connectivity index (χ4v) is 3.91. The third-order valence-corrected chi connectivity index (χ3v) is 5.49. The monoisotopic (exact) mass is 454 g/mol. The number of ether oxygens (including phenoxy) is 2. The summed E-state index contributed by atoms with van der Waals surface area (Å²) in [5.74, 6) is 0.257. The van der Waals surface area contributed by atoms with Crippen LogP contribution in [0.1, 0.15) is 21.1 Å². The van der Waals surface area contributed by atoms with Crippen molar-refractivity contribution in [3.63, 3.8) is 0 Å². The van der Waals surface area contributed by atoms with Gasteiger partial charge in [-0.2, -0.15) is 0 Å². The molecule has 34 heavy (non-hydrogen) atoms. The van der Waals surface area contributed by atoms with Crippen LogP contribution in [0.15, 0.2) is 81.6 Å². The Hall–Kier alpha value is -4.72. The van der Waals surface area contributed by atoms with E-state index in [-0.39, 0.29) is 17.2 Å². The number of para-hydroxylation sites is 2. The van der Waals surface area contributed by atoms with Crippen LogP contribution in [-0.4, -0.2) is 25.0 Å². The van der Waals surface area contributed by atoms with E-state index in [0.29, 0.717) is 47.0 Å². The van der Waals surface area contributed by atoms with Gasteiger partial charge in [0.25, 0.3) is 11.8 Å². The van der Waals surface area contributed by atoms with E-state index in [1.54, 1.807) is 54.6 Å². The highest BCUT2D eigenvalue weighted by Crippen LogP contribution is 2.35. The standard InChI is InChI=1S/C26H18N2O6/c29-25(22-13-15-5-1-3-7-18(15)33-22)28-23-17-6-2-4-8-19(17)34-24(23)26(30)27-16-9-10-20-21(14-16)32-12-11-31-20/h1-10,13-14H,11-12H2,(H,27,30)(H,28,29). The lowest BCUT2D eigenvalue weighted by atomic mass is 10.2. The number of hydrogen-bond acceptors (Lipinski definition) is 6. The summed E-state index contributed by atoms with van der Waals surface area (Å²) >= 11 is 0. The van der Waals surface area contributed by atoms with Crippen LogP contribution < -0.4 is 20.1 Å². The average molecular weight is 454 g/mol. The van der Waals surface area contributed by atoms with Gasteiger partial charge < -0.3 is 28.9 Å². The van der Waals surface area contributed by atoms with Gasteiger partial charge in [0.2, 0.25) is 5.76 Å². The highest BCUT2D eigenvalue weighted by atomic mass is 16.6. The Balaban J connectivity index is 1.33. The number of nitrogens with one attached hydrogen (secondary N) is 2.